The summed E-state index contributed by atoms with van der Waals surface area (Å²) in [6.45, 7) is 3.84. The molecule has 1 aliphatic rings. The first-order valence-corrected chi connectivity index (χ1v) is 8.02. The number of benzene rings is 1. The number of hydrogen-bond acceptors (Lipinski definition) is 4. The summed E-state index contributed by atoms with van der Waals surface area (Å²) in [5.41, 5.74) is 0.731. The van der Waals surface area contributed by atoms with E-state index in [9.17, 15) is 9.59 Å². The van der Waals surface area contributed by atoms with Crippen molar-refractivity contribution >= 4 is 11.9 Å². The summed E-state index contributed by atoms with van der Waals surface area (Å²) in [6.07, 6.45) is 0. The van der Waals surface area contributed by atoms with Crippen LogP contribution in [0.15, 0.2) is 46.9 Å². The highest BCUT2D eigenvalue weighted by Crippen LogP contribution is 2.08. The zero-order valence-electron chi connectivity index (χ0n) is 13.7. The van der Waals surface area contributed by atoms with Crippen LogP contribution in [0.3, 0.4) is 0 Å². The first kappa shape index (κ1) is 16.3. The number of ether oxygens (including phenoxy) is 1. The summed E-state index contributed by atoms with van der Waals surface area (Å²) in [4.78, 5) is 27.0. The minimum atomic E-state index is -0.463. The molecular weight excluding hydrogens is 308 g/mol. The zero-order chi connectivity index (χ0) is 16.9. The summed E-state index contributed by atoms with van der Waals surface area (Å²) in [5, 5.41) is 0. The van der Waals surface area contributed by atoms with Crippen molar-refractivity contribution in [3.8, 4) is 0 Å². The minimum absolute atomic E-state index is 0.0839. The van der Waals surface area contributed by atoms with Gasteiger partial charge >= 0.3 is 5.97 Å². The fourth-order valence-corrected chi connectivity index (χ4v) is 2.90. The topological polar surface area (TPSA) is 64.2 Å². The van der Waals surface area contributed by atoms with Gasteiger partial charge in [-0.25, -0.2) is 4.79 Å². The Kier molecular flexibility index (Phi) is 4.96. The van der Waals surface area contributed by atoms with E-state index in [2.05, 4.69) is 4.74 Å². The molecule has 0 unspecified atom stereocenters. The van der Waals surface area contributed by atoms with Crippen LogP contribution in [0.25, 0.3) is 0 Å². The molecule has 0 bridgehead atoms. The molecule has 1 aromatic carbocycles. The fourth-order valence-electron chi connectivity index (χ4n) is 2.90. The molecule has 0 atom stereocenters. The standard InChI is InChI=1S/C18H20N2O4/c1-23-18(22)16-8-7-15(24-16)13-19-9-11-20(12-10-19)17(21)14-5-3-2-4-6-14/h2-8H,9-13H2,1H3/p+1. The predicted octanol–water partition coefficient (Wildman–Crippen LogP) is 0.607. The van der Waals surface area contributed by atoms with Crippen LogP contribution in [-0.2, 0) is 11.3 Å². The Morgan fingerprint density at radius 2 is 1.83 bits per heavy atom. The van der Waals surface area contributed by atoms with Crippen molar-refractivity contribution in [2.45, 2.75) is 6.54 Å². The Morgan fingerprint density at radius 3 is 2.50 bits per heavy atom. The third-order valence-electron chi connectivity index (χ3n) is 4.25. The van der Waals surface area contributed by atoms with Gasteiger partial charge < -0.3 is 19.0 Å². The second-order valence-corrected chi connectivity index (χ2v) is 5.84. The Bertz CT molecular complexity index is 703. The number of amides is 1. The highest BCUT2D eigenvalue weighted by molar-refractivity contribution is 5.94. The molecule has 0 saturated carbocycles. The van der Waals surface area contributed by atoms with Crippen LogP contribution in [0.4, 0.5) is 0 Å². The van der Waals surface area contributed by atoms with Crippen molar-refractivity contribution < 1.29 is 23.6 Å². The molecule has 3 rings (SSSR count). The Hall–Kier alpha value is -2.60. The second kappa shape index (κ2) is 7.31. The third kappa shape index (κ3) is 3.65. The van der Waals surface area contributed by atoms with Gasteiger partial charge in [0.25, 0.3) is 5.91 Å². The third-order valence-corrected chi connectivity index (χ3v) is 4.25. The van der Waals surface area contributed by atoms with Gasteiger partial charge in [0.05, 0.1) is 33.3 Å². The maximum atomic E-state index is 12.4. The molecule has 0 radical (unpaired) electrons. The van der Waals surface area contributed by atoms with Crippen molar-refractivity contribution in [1.82, 2.24) is 4.90 Å². The SMILES string of the molecule is COC(=O)c1ccc(C[NH+]2CCN(C(=O)c3ccccc3)CC2)o1. The molecule has 1 aliphatic heterocycles. The number of esters is 1. The van der Waals surface area contributed by atoms with E-state index in [1.807, 2.05) is 35.2 Å². The first-order valence-electron chi connectivity index (χ1n) is 8.02. The molecular formula is C18H21N2O4+. The van der Waals surface area contributed by atoms with Crippen LogP contribution in [0, 0.1) is 0 Å². The number of rotatable bonds is 4. The second-order valence-electron chi connectivity index (χ2n) is 5.84. The van der Waals surface area contributed by atoms with Gasteiger partial charge in [0.1, 0.15) is 6.54 Å². The Labute approximate surface area is 140 Å². The van der Waals surface area contributed by atoms with Crippen LogP contribution in [0.2, 0.25) is 0 Å². The number of carbonyl (C=O) groups excluding carboxylic acids is 2. The number of nitrogens with zero attached hydrogens (tertiary/aromatic N) is 1. The van der Waals surface area contributed by atoms with E-state index in [0.29, 0.717) is 19.6 Å². The number of hydrogen-bond donors (Lipinski definition) is 1. The lowest BCUT2D eigenvalue weighted by atomic mass is 10.2. The van der Waals surface area contributed by atoms with Crippen LogP contribution < -0.4 is 4.90 Å². The van der Waals surface area contributed by atoms with E-state index in [0.717, 1.165) is 24.4 Å². The molecule has 0 aliphatic carbocycles. The van der Waals surface area contributed by atoms with Gasteiger partial charge in [-0.2, -0.15) is 0 Å². The number of methoxy groups -OCH3 is 1. The lowest BCUT2D eigenvalue weighted by molar-refractivity contribution is -0.918. The maximum absolute atomic E-state index is 12.4. The van der Waals surface area contributed by atoms with E-state index in [1.54, 1.807) is 12.1 Å². The van der Waals surface area contributed by atoms with Gasteiger partial charge in [0.15, 0.2) is 5.76 Å². The Balaban J connectivity index is 1.53. The predicted molar refractivity (Wildman–Crippen MR) is 86.8 cm³/mol. The van der Waals surface area contributed by atoms with Crippen LogP contribution >= 0.6 is 0 Å². The summed E-state index contributed by atoms with van der Waals surface area (Å²) in [6, 6.07) is 12.8. The first-order chi connectivity index (χ1) is 11.7. The quantitative estimate of drug-likeness (QED) is 0.835. The molecule has 0 spiro atoms. The van der Waals surface area contributed by atoms with Gasteiger partial charge in [-0.15, -0.1) is 0 Å². The molecule has 1 amide bonds. The van der Waals surface area contributed by atoms with E-state index < -0.39 is 5.97 Å². The van der Waals surface area contributed by atoms with Crippen molar-refractivity contribution in [3.63, 3.8) is 0 Å². The molecule has 1 fully saturated rings. The monoisotopic (exact) mass is 329 g/mol. The average molecular weight is 329 g/mol. The molecule has 1 saturated heterocycles. The number of carbonyl (C=O) groups is 2. The molecule has 24 heavy (non-hydrogen) atoms. The number of furan rings is 1. The largest absolute Gasteiger partial charge is 0.463 e. The van der Waals surface area contributed by atoms with Crippen molar-refractivity contribution in [1.29, 1.82) is 0 Å². The smallest absolute Gasteiger partial charge is 0.373 e. The van der Waals surface area contributed by atoms with E-state index in [1.165, 1.54) is 12.0 Å². The van der Waals surface area contributed by atoms with Crippen LogP contribution in [-0.4, -0.2) is 50.1 Å². The van der Waals surface area contributed by atoms with Gasteiger partial charge in [-0.05, 0) is 24.3 Å². The van der Waals surface area contributed by atoms with Gasteiger partial charge in [-0.1, -0.05) is 18.2 Å². The highest BCUT2D eigenvalue weighted by Gasteiger charge is 2.25. The summed E-state index contributed by atoms with van der Waals surface area (Å²) in [5.74, 6) is 0.605. The zero-order valence-corrected chi connectivity index (χ0v) is 13.7. The van der Waals surface area contributed by atoms with Crippen molar-refractivity contribution in [2.75, 3.05) is 33.3 Å². The van der Waals surface area contributed by atoms with Gasteiger partial charge in [0.2, 0.25) is 5.76 Å². The van der Waals surface area contributed by atoms with E-state index in [4.69, 9.17) is 4.42 Å². The summed E-state index contributed by atoms with van der Waals surface area (Å²) >= 11 is 0. The number of quaternary nitrogens is 1. The summed E-state index contributed by atoms with van der Waals surface area (Å²) in [7, 11) is 1.33. The molecule has 2 aromatic rings. The van der Waals surface area contributed by atoms with Crippen LogP contribution in [0.1, 0.15) is 26.7 Å². The lowest BCUT2D eigenvalue weighted by Crippen LogP contribution is -3.13. The molecule has 6 nitrogen and oxygen atoms in total. The van der Waals surface area contributed by atoms with Crippen molar-refractivity contribution in [3.05, 3.63) is 59.5 Å². The van der Waals surface area contributed by atoms with Gasteiger partial charge in [-0.3, -0.25) is 4.79 Å². The molecule has 2 heterocycles. The van der Waals surface area contributed by atoms with E-state index in [-0.39, 0.29) is 11.7 Å². The van der Waals surface area contributed by atoms with Crippen molar-refractivity contribution in [2.24, 2.45) is 0 Å². The lowest BCUT2D eigenvalue weighted by Gasteiger charge is -2.31. The fraction of sp³-hybridized carbons (Fsp3) is 0.333. The number of nitrogens with one attached hydrogen (secondary N) is 1. The summed E-state index contributed by atoms with van der Waals surface area (Å²) < 4.78 is 10.1. The van der Waals surface area contributed by atoms with E-state index >= 15 is 0 Å². The maximum Gasteiger partial charge on any atom is 0.373 e. The number of piperazine rings is 1. The van der Waals surface area contributed by atoms with Gasteiger partial charge in [0, 0.05) is 5.56 Å². The normalized spacial score (nSPS) is 15.3. The highest BCUT2D eigenvalue weighted by atomic mass is 16.5. The minimum Gasteiger partial charge on any atom is -0.463 e. The average Bonchev–Trinajstić information content (AvgIpc) is 3.10. The molecule has 1 aromatic heterocycles. The van der Waals surface area contributed by atoms with Crippen LogP contribution in [0.5, 0.6) is 0 Å². The molecule has 126 valence electrons. The molecule has 1 N–H and O–H groups in total. The molecule has 6 heteroatoms. The Morgan fingerprint density at radius 1 is 1.12 bits per heavy atom.